The number of nitrogens with two attached hydrogens (primary N) is 1. The van der Waals surface area contributed by atoms with Crippen molar-refractivity contribution in [2.75, 3.05) is 12.0 Å². The van der Waals surface area contributed by atoms with E-state index in [-0.39, 0.29) is 0 Å². The number of carbonyl (C=O) groups is 1. The molecular weight excluding hydrogens is 168 g/mol. The molecule has 0 aliphatic rings. The minimum absolute atomic E-state index is 0.505. The van der Waals surface area contributed by atoms with E-state index >= 15 is 0 Å². The van der Waals surface area contributed by atoms with Gasteiger partial charge in [-0.1, -0.05) is 0 Å². The molecule has 11 heavy (non-hydrogen) atoms. The summed E-state index contributed by atoms with van der Waals surface area (Å²) in [5, 5.41) is 2.26. The van der Waals surface area contributed by atoms with Gasteiger partial charge in [-0.15, -0.1) is 0 Å². The first-order valence-corrected chi connectivity index (χ1v) is 5.10. The second-order valence-corrected chi connectivity index (χ2v) is 4.57. The molecule has 0 bridgehead atoms. The van der Waals surface area contributed by atoms with Gasteiger partial charge in [-0.25, -0.2) is 8.42 Å². The summed E-state index contributed by atoms with van der Waals surface area (Å²) in [5.41, 5.74) is 5.19. The first-order valence-electron chi connectivity index (χ1n) is 3.04. The van der Waals surface area contributed by atoms with Gasteiger partial charge in [-0.2, -0.15) is 0 Å². The van der Waals surface area contributed by atoms with Crippen molar-refractivity contribution in [1.82, 2.24) is 5.32 Å². The minimum Gasteiger partial charge on any atom is -0.340 e. The van der Waals surface area contributed by atoms with E-state index in [1.165, 1.54) is 0 Å². The van der Waals surface area contributed by atoms with Crippen molar-refractivity contribution in [3.05, 3.63) is 0 Å². The third-order valence-corrected chi connectivity index (χ3v) is 1.57. The highest BCUT2D eigenvalue weighted by atomic mass is 32.2. The smallest absolute Gasteiger partial charge is 0.236 e. The number of hydrogen-bond donors (Lipinski definition) is 2. The summed E-state index contributed by atoms with van der Waals surface area (Å²) in [5.74, 6) is -1.07. The topological polar surface area (TPSA) is 89.3 Å². The Balaban J connectivity index is 3.91. The quantitative estimate of drug-likeness (QED) is 0.515. The highest BCUT2D eigenvalue weighted by Crippen LogP contribution is 1.81. The highest BCUT2D eigenvalue weighted by molar-refractivity contribution is 7.91. The molecule has 0 spiro atoms. The van der Waals surface area contributed by atoms with Crippen LogP contribution < -0.4 is 11.1 Å². The van der Waals surface area contributed by atoms with Crippen molar-refractivity contribution in [3.8, 4) is 0 Å². The van der Waals surface area contributed by atoms with E-state index < -0.39 is 27.7 Å². The molecular formula is C5H12N2O3S. The summed E-state index contributed by atoms with van der Waals surface area (Å²) >= 11 is 0. The Morgan fingerprint density at radius 2 is 2.09 bits per heavy atom. The third kappa shape index (κ3) is 7.27. The standard InChI is InChI=1S/C5H12N2O3S/c1-4(6)7-5(8)3-11(2,9)10/h4H,3,6H2,1-2H3,(H,7,8). The Hall–Kier alpha value is -0.620. The first-order chi connectivity index (χ1) is 4.81. The van der Waals surface area contributed by atoms with Crippen molar-refractivity contribution in [3.63, 3.8) is 0 Å². The van der Waals surface area contributed by atoms with Crippen LogP contribution in [0.25, 0.3) is 0 Å². The Morgan fingerprint density at radius 1 is 1.64 bits per heavy atom. The van der Waals surface area contributed by atoms with Crippen molar-refractivity contribution >= 4 is 15.7 Å². The molecule has 0 aromatic carbocycles. The van der Waals surface area contributed by atoms with Crippen LogP contribution in [0.3, 0.4) is 0 Å². The van der Waals surface area contributed by atoms with Gasteiger partial charge in [0, 0.05) is 6.26 Å². The van der Waals surface area contributed by atoms with Gasteiger partial charge < -0.3 is 11.1 Å². The maximum Gasteiger partial charge on any atom is 0.236 e. The van der Waals surface area contributed by atoms with Crippen LogP contribution in [0.15, 0.2) is 0 Å². The maximum absolute atomic E-state index is 10.7. The SMILES string of the molecule is CC(N)NC(=O)CS(C)(=O)=O. The Kier molecular flexibility index (Phi) is 3.47. The molecule has 66 valence electrons. The van der Waals surface area contributed by atoms with Gasteiger partial charge >= 0.3 is 0 Å². The largest absolute Gasteiger partial charge is 0.340 e. The molecule has 1 unspecified atom stereocenters. The van der Waals surface area contributed by atoms with E-state index in [0.717, 1.165) is 6.26 Å². The van der Waals surface area contributed by atoms with Gasteiger partial charge in [0.2, 0.25) is 5.91 Å². The summed E-state index contributed by atoms with van der Waals surface area (Å²) in [6.07, 6.45) is 0.484. The Labute approximate surface area is 65.9 Å². The monoisotopic (exact) mass is 180 g/mol. The van der Waals surface area contributed by atoms with Crippen molar-refractivity contribution < 1.29 is 13.2 Å². The van der Waals surface area contributed by atoms with Crippen LogP contribution >= 0.6 is 0 Å². The van der Waals surface area contributed by atoms with E-state index in [2.05, 4.69) is 5.32 Å². The maximum atomic E-state index is 10.7. The van der Waals surface area contributed by atoms with Gasteiger partial charge in [0.25, 0.3) is 0 Å². The molecule has 0 rings (SSSR count). The lowest BCUT2D eigenvalue weighted by molar-refractivity contribution is -0.119. The van der Waals surface area contributed by atoms with Crippen LogP contribution in [0.2, 0.25) is 0 Å². The summed E-state index contributed by atoms with van der Waals surface area (Å²) in [6, 6.07) is 0. The summed E-state index contributed by atoms with van der Waals surface area (Å²) in [7, 11) is -3.24. The Morgan fingerprint density at radius 3 is 2.36 bits per heavy atom. The second-order valence-electron chi connectivity index (χ2n) is 2.43. The number of nitrogens with one attached hydrogen (secondary N) is 1. The molecule has 0 radical (unpaired) electrons. The fourth-order valence-electron chi connectivity index (χ4n) is 0.534. The highest BCUT2D eigenvalue weighted by Gasteiger charge is 2.10. The average Bonchev–Trinajstić information content (AvgIpc) is 1.53. The van der Waals surface area contributed by atoms with Gasteiger partial charge in [0.05, 0.1) is 6.17 Å². The summed E-state index contributed by atoms with van der Waals surface area (Å²) < 4.78 is 21.0. The summed E-state index contributed by atoms with van der Waals surface area (Å²) in [6.45, 7) is 1.56. The van der Waals surface area contributed by atoms with E-state index in [4.69, 9.17) is 5.73 Å². The molecule has 1 atom stereocenters. The zero-order valence-electron chi connectivity index (χ0n) is 6.49. The van der Waals surface area contributed by atoms with E-state index in [0.29, 0.717) is 0 Å². The molecule has 0 aromatic heterocycles. The molecule has 5 nitrogen and oxygen atoms in total. The van der Waals surface area contributed by atoms with Crippen molar-refractivity contribution in [1.29, 1.82) is 0 Å². The van der Waals surface area contributed by atoms with Gasteiger partial charge in [-0.3, -0.25) is 4.79 Å². The fourth-order valence-corrected chi connectivity index (χ4v) is 1.09. The van der Waals surface area contributed by atoms with E-state index in [1.807, 2.05) is 0 Å². The number of sulfone groups is 1. The molecule has 0 saturated heterocycles. The minimum atomic E-state index is -3.24. The summed E-state index contributed by atoms with van der Waals surface area (Å²) in [4.78, 5) is 10.7. The molecule has 0 aliphatic heterocycles. The average molecular weight is 180 g/mol. The lowest BCUT2D eigenvalue weighted by atomic mass is 10.5. The number of hydrogen-bond acceptors (Lipinski definition) is 4. The van der Waals surface area contributed by atoms with Crippen molar-refractivity contribution in [2.45, 2.75) is 13.1 Å². The zero-order chi connectivity index (χ0) is 9.07. The fraction of sp³-hybridized carbons (Fsp3) is 0.800. The predicted octanol–water partition coefficient (Wildman–Crippen LogP) is -1.55. The molecule has 0 saturated carbocycles. The first kappa shape index (κ1) is 10.4. The van der Waals surface area contributed by atoms with Gasteiger partial charge in [0.15, 0.2) is 9.84 Å². The molecule has 3 N–H and O–H groups in total. The number of rotatable bonds is 3. The third-order valence-electron chi connectivity index (χ3n) is 0.782. The molecule has 1 amide bonds. The van der Waals surface area contributed by atoms with Crippen LogP contribution in [0.4, 0.5) is 0 Å². The Bertz CT molecular complexity index is 232. The van der Waals surface area contributed by atoms with Crippen LogP contribution in [0.5, 0.6) is 0 Å². The normalized spacial score (nSPS) is 14.1. The lowest BCUT2D eigenvalue weighted by Crippen LogP contribution is -2.41. The van der Waals surface area contributed by atoms with Gasteiger partial charge in [0.1, 0.15) is 5.75 Å². The van der Waals surface area contributed by atoms with Crippen LogP contribution in [-0.2, 0) is 14.6 Å². The van der Waals surface area contributed by atoms with Gasteiger partial charge in [-0.05, 0) is 6.92 Å². The zero-order valence-corrected chi connectivity index (χ0v) is 7.31. The lowest BCUT2D eigenvalue weighted by Gasteiger charge is -2.06. The van der Waals surface area contributed by atoms with Crippen LogP contribution in [0.1, 0.15) is 6.92 Å². The predicted molar refractivity (Wildman–Crippen MR) is 41.5 cm³/mol. The molecule has 6 heteroatoms. The molecule has 0 aliphatic carbocycles. The van der Waals surface area contributed by atoms with Crippen LogP contribution in [0, 0.1) is 0 Å². The van der Waals surface area contributed by atoms with Crippen LogP contribution in [-0.4, -0.2) is 32.5 Å². The molecule has 0 heterocycles. The van der Waals surface area contributed by atoms with E-state index in [9.17, 15) is 13.2 Å². The number of carbonyl (C=O) groups excluding carboxylic acids is 1. The van der Waals surface area contributed by atoms with E-state index in [1.54, 1.807) is 6.92 Å². The second kappa shape index (κ2) is 3.68. The number of amides is 1. The molecule has 0 aromatic rings. The van der Waals surface area contributed by atoms with Crippen molar-refractivity contribution in [2.24, 2.45) is 5.73 Å². The molecule has 0 fully saturated rings.